The van der Waals surface area contributed by atoms with E-state index in [1.165, 1.54) is 12.0 Å². The molecule has 1 aliphatic rings. The maximum absolute atomic E-state index is 9.01. The van der Waals surface area contributed by atoms with E-state index in [1.807, 2.05) is 12.3 Å². The molecule has 0 saturated carbocycles. The fraction of sp³-hybridized carbons (Fsp3) is 0.667. The van der Waals surface area contributed by atoms with Crippen LogP contribution in [0.15, 0.2) is 18.3 Å². The number of nitrogens with one attached hydrogen (secondary N) is 1. The van der Waals surface area contributed by atoms with Gasteiger partial charge in [-0.3, -0.25) is 4.90 Å². The number of nitrogens with zero attached hydrogens (tertiary/aromatic N) is 2. The monoisotopic (exact) mass is 263 g/mol. The van der Waals surface area contributed by atoms with E-state index >= 15 is 0 Å². The van der Waals surface area contributed by atoms with Crippen LogP contribution < -0.4 is 5.32 Å². The summed E-state index contributed by atoms with van der Waals surface area (Å²) in [6, 6.07) is 4.16. The van der Waals surface area contributed by atoms with Gasteiger partial charge in [0.1, 0.15) is 5.82 Å². The van der Waals surface area contributed by atoms with E-state index in [1.54, 1.807) is 0 Å². The van der Waals surface area contributed by atoms with Crippen molar-refractivity contribution in [1.29, 1.82) is 0 Å². The molecule has 4 heteroatoms. The minimum atomic E-state index is 0.314. The topological polar surface area (TPSA) is 48.4 Å². The number of hydrogen-bond donors (Lipinski definition) is 2. The second-order valence-corrected chi connectivity index (χ2v) is 5.34. The number of aromatic nitrogens is 1. The van der Waals surface area contributed by atoms with Crippen molar-refractivity contribution in [2.45, 2.75) is 32.7 Å². The molecule has 0 spiro atoms. The molecule has 1 aromatic rings. The van der Waals surface area contributed by atoms with Gasteiger partial charge in [-0.2, -0.15) is 0 Å². The number of likely N-dealkylation sites (tertiary alicyclic amines) is 1. The third kappa shape index (κ3) is 4.18. The van der Waals surface area contributed by atoms with Crippen molar-refractivity contribution < 1.29 is 5.11 Å². The number of anilines is 1. The summed E-state index contributed by atoms with van der Waals surface area (Å²) in [6.45, 7) is 6.64. The van der Waals surface area contributed by atoms with Gasteiger partial charge < -0.3 is 10.4 Å². The molecule has 106 valence electrons. The van der Waals surface area contributed by atoms with Gasteiger partial charge in [0.2, 0.25) is 0 Å². The zero-order valence-corrected chi connectivity index (χ0v) is 11.8. The SMILES string of the molecule is CCCNc1ncccc1CN1CCC(CCO)C1. The number of hydrogen-bond acceptors (Lipinski definition) is 4. The third-order valence-electron chi connectivity index (χ3n) is 3.73. The fourth-order valence-corrected chi connectivity index (χ4v) is 2.68. The Labute approximate surface area is 115 Å². The summed E-state index contributed by atoms with van der Waals surface area (Å²) in [4.78, 5) is 6.90. The molecule has 0 aliphatic carbocycles. The minimum Gasteiger partial charge on any atom is -0.396 e. The highest BCUT2D eigenvalue weighted by Gasteiger charge is 2.22. The summed E-state index contributed by atoms with van der Waals surface area (Å²) in [6.07, 6.45) is 5.10. The summed E-state index contributed by atoms with van der Waals surface area (Å²) < 4.78 is 0. The fourth-order valence-electron chi connectivity index (χ4n) is 2.68. The molecule has 0 aromatic carbocycles. The van der Waals surface area contributed by atoms with Gasteiger partial charge in [-0.1, -0.05) is 13.0 Å². The normalized spacial score (nSPS) is 19.8. The quantitative estimate of drug-likeness (QED) is 0.791. The van der Waals surface area contributed by atoms with E-state index in [0.717, 1.165) is 44.8 Å². The first-order valence-corrected chi connectivity index (χ1v) is 7.34. The molecule has 0 radical (unpaired) electrons. The lowest BCUT2D eigenvalue weighted by Gasteiger charge is -2.18. The molecular formula is C15H25N3O. The highest BCUT2D eigenvalue weighted by atomic mass is 16.3. The van der Waals surface area contributed by atoms with E-state index in [-0.39, 0.29) is 0 Å². The second kappa shape index (κ2) is 7.46. The largest absolute Gasteiger partial charge is 0.396 e. The molecule has 0 bridgehead atoms. The van der Waals surface area contributed by atoms with E-state index < -0.39 is 0 Å². The van der Waals surface area contributed by atoms with Gasteiger partial charge in [-0.05, 0) is 37.8 Å². The minimum absolute atomic E-state index is 0.314. The van der Waals surface area contributed by atoms with Crippen LogP contribution in [0.5, 0.6) is 0 Å². The molecular weight excluding hydrogens is 238 g/mol. The maximum Gasteiger partial charge on any atom is 0.130 e. The van der Waals surface area contributed by atoms with Gasteiger partial charge in [0, 0.05) is 38.0 Å². The van der Waals surface area contributed by atoms with Crippen molar-refractivity contribution in [3.8, 4) is 0 Å². The first-order valence-electron chi connectivity index (χ1n) is 7.34. The second-order valence-electron chi connectivity index (χ2n) is 5.34. The van der Waals surface area contributed by atoms with Crippen LogP contribution >= 0.6 is 0 Å². The Balaban J connectivity index is 1.92. The zero-order valence-electron chi connectivity index (χ0n) is 11.8. The van der Waals surface area contributed by atoms with Crippen LogP contribution in [-0.2, 0) is 6.54 Å². The molecule has 2 rings (SSSR count). The molecule has 1 aliphatic heterocycles. The summed E-state index contributed by atoms with van der Waals surface area (Å²) in [5.74, 6) is 1.68. The van der Waals surface area contributed by atoms with Gasteiger partial charge in [-0.25, -0.2) is 4.98 Å². The smallest absolute Gasteiger partial charge is 0.130 e. The molecule has 1 atom stereocenters. The number of rotatable bonds is 7. The van der Waals surface area contributed by atoms with Crippen LogP contribution in [0.2, 0.25) is 0 Å². The van der Waals surface area contributed by atoms with Crippen LogP contribution in [0, 0.1) is 5.92 Å². The van der Waals surface area contributed by atoms with E-state index in [4.69, 9.17) is 5.11 Å². The van der Waals surface area contributed by atoms with Crippen molar-refractivity contribution in [3.05, 3.63) is 23.9 Å². The van der Waals surface area contributed by atoms with Crippen LogP contribution in [0.4, 0.5) is 5.82 Å². The summed E-state index contributed by atoms with van der Waals surface area (Å²) in [5.41, 5.74) is 1.28. The zero-order chi connectivity index (χ0) is 13.5. The molecule has 4 nitrogen and oxygen atoms in total. The van der Waals surface area contributed by atoms with Crippen LogP contribution in [0.3, 0.4) is 0 Å². The van der Waals surface area contributed by atoms with Crippen molar-refractivity contribution in [2.24, 2.45) is 5.92 Å². The predicted molar refractivity (Wildman–Crippen MR) is 78.1 cm³/mol. The van der Waals surface area contributed by atoms with Crippen molar-refractivity contribution in [2.75, 3.05) is 31.6 Å². The van der Waals surface area contributed by atoms with Crippen LogP contribution in [0.1, 0.15) is 31.7 Å². The lowest BCUT2D eigenvalue weighted by atomic mass is 10.1. The molecule has 19 heavy (non-hydrogen) atoms. The summed E-state index contributed by atoms with van der Waals surface area (Å²) >= 11 is 0. The molecule has 1 aromatic heterocycles. The Bertz CT molecular complexity index is 383. The van der Waals surface area contributed by atoms with E-state index in [9.17, 15) is 0 Å². The van der Waals surface area contributed by atoms with Crippen LogP contribution in [-0.4, -0.2) is 41.2 Å². The first kappa shape index (κ1) is 14.3. The Hall–Kier alpha value is -1.13. The van der Waals surface area contributed by atoms with Gasteiger partial charge in [-0.15, -0.1) is 0 Å². The predicted octanol–water partition coefficient (Wildman–Crippen LogP) is 2.11. The molecule has 2 heterocycles. The van der Waals surface area contributed by atoms with Crippen LogP contribution in [0.25, 0.3) is 0 Å². The van der Waals surface area contributed by atoms with Gasteiger partial charge >= 0.3 is 0 Å². The average molecular weight is 263 g/mol. The van der Waals surface area contributed by atoms with Crippen molar-refractivity contribution in [1.82, 2.24) is 9.88 Å². The number of aliphatic hydroxyl groups excluding tert-OH is 1. The first-order chi connectivity index (χ1) is 9.33. The van der Waals surface area contributed by atoms with Gasteiger partial charge in [0.25, 0.3) is 0 Å². The highest BCUT2D eigenvalue weighted by molar-refractivity contribution is 5.43. The van der Waals surface area contributed by atoms with Crippen molar-refractivity contribution in [3.63, 3.8) is 0 Å². The molecule has 2 N–H and O–H groups in total. The molecule has 1 saturated heterocycles. The van der Waals surface area contributed by atoms with Gasteiger partial charge in [0.15, 0.2) is 0 Å². The standard InChI is InChI=1S/C15H25N3O/c1-2-7-16-15-14(4-3-8-17-15)12-18-9-5-13(11-18)6-10-19/h3-4,8,13,19H,2,5-7,9-12H2,1H3,(H,16,17). The lowest BCUT2D eigenvalue weighted by Crippen LogP contribution is -2.21. The maximum atomic E-state index is 9.01. The third-order valence-corrected chi connectivity index (χ3v) is 3.73. The van der Waals surface area contributed by atoms with E-state index in [0.29, 0.717) is 12.5 Å². The van der Waals surface area contributed by atoms with Gasteiger partial charge in [0.05, 0.1) is 0 Å². The van der Waals surface area contributed by atoms with Crippen molar-refractivity contribution >= 4 is 5.82 Å². The Morgan fingerprint density at radius 1 is 1.53 bits per heavy atom. The number of aliphatic hydroxyl groups is 1. The molecule has 1 fully saturated rings. The Morgan fingerprint density at radius 2 is 2.42 bits per heavy atom. The number of pyridine rings is 1. The summed E-state index contributed by atoms with van der Waals surface area (Å²) in [7, 11) is 0. The summed E-state index contributed by atoms with van der Waals surface area (Å²) in [5, 5.41) is 12.4. The lowest BCUT2D eigenvalue weighted by molar-refractivity contribution is 0.249. The van der Waals surface area contributed by atoms with E-state index in [2.05, 4.69) is 28.2 Å². The molecule has 0 amide bonds. The highest BCUT2D eigenvalue weighted by Crippen LogP contribution is 2.23. The molecule has 1 unspecified atom stereocenters. The Morgan fingerprint density at radius 3 is 3.21 bits per heavy atom. The Kier molecular flexibility index (Phi) is 5.61. The average Bonchev–Trinajstić information content (AvgIpc) is 2.86.